The molecule has 0 aliphatic carbocycles. The number of amides is 1. The lowest BCUT2D eigenvalue weighted by Gasteiger charge is -2.13. The Bertz CT molecular complexity index is 515. The van der Waals surface area contributed by atoms with E-state index in [4.69, 9.17) is 28.3 Å². The Balaban J connectivity index is 2.62. The van der Waals surface area contributed by atoms with E-state index in [2.05, 4.69) is 0 Å². The number of carboxylic acid groups (broad SMARTS) is 1. The summed E-state index contributed by atoms with van der Waals surface area (Å²) in [4.78, 5) is 23.4. The van der Waals surface area contributed by atoms with Crippen LogP contribution in [0.4, 0.5) is 0 Å². The molecule has 102 valence electrons. The molecule has 0 bridgehead atoms. The van der Waals surface area contributed by atoms with Gasteiger partial charge in [-0.25, -0.2) is 0 Å². The quantitative estimate of drug-likeness (QED) is 0.851. The Morgan fingerprint density at radius 3 is 2.58 bits per heavy atom. The lowest BCUT2D eigenvalue weighted by molar-refractivity contribution is -0.137. The number of carbonyl (C=O) groups is 2. The van der Waals surface area contributed by atoms with Crippen molar-refractivity contribution < 1.29 is 14.7 Å². The van der Waals surface area contributed by atoms with E-state index in [0.29, 0.717) is 10.0 Å². The summed E-state index contributed by atoms with van der Waals surface area (Å²) in [7, 11) is 1.55. The van der Waals surface area contributed by atoms with E-state index >= 15 is 0 Å². The van der Waals surface area contributed by atoms with Crippen molar-refractivity contribution in [1.82, 2.24) is 4.90 Å². The Morgan fingerprint density at radius 2 is 2.00 bits per heavy atom. The van der Waals surface area contributed by atoms with Crippen molar-refractivity contribution in [2.45, 2.75) is 6.42 Å². The summed E-state index contributed by atoms with van der Waals surface area (Å²) in [6.45, 7) is 0.167. The third-order valence-electron chi connectivity index (χ3n) is 2.40. The summed E-state index contributed by atoms with van der Waals surface area (Å²) in [5.74, 6) is -1.21. The van der Waals surface area contributed by atoms with Crippen LogP contribution in [-0.2, 0) is 9.59 Å². The van der Waals surface area contributed by atoms with Gasteiger partial charge in [-0.1, -0.05) is 29.3 Å². The first-order valence-corrected chi connectivity index (χ1v) is 6.26. The Hall–Kier alpha value is -1.52. The molecule has 19 heavy (non-hydrogen) atoms. The number of rotatable bonds is 5. The average Bonchev–Trinajstić information content (AvgIpc) is 2.36. The first-order valence-electron chi connectivity index (χ1n) is 5.50. The van der Waals surface area contributed by atoms with Gasteiger partial charge in [-0.3, -0.25) is 9.59 Å². The molecule has 0 aliphatic rings. The third-order valence-corrected chi connectivity index (χ3v) is 3.14. The second-order valence-corrected chi connectivity index (χ2v) is 4.72. The number of carboxylic acids is 1. The molecule has 0 radical (unpaired) electrons. The average molecular weight is 302 g/mol. The van der Waals surface area contributed by atoms with Crippen LogP contribution in [0.5, 0.6) is 0 Å². The zero-order valence-electron chi connectivity index (χ0n) is 10.3. The maximum Gasteiger partial charge on any atom is 0.305 e. The fourth-order valence-electron chi connectivity index (χ4n) is 1.28. The molecule has 0 aliphatic heterocycles. The van der Waals surface area contributed by atoms with Gasteiger partial charge in [0.15, 0.2) is 0 Å². The van der Waals surface area contributed by atoms with Gasteiger partial charge in [0.05, 0.1) is 16.5 Å². The van der Waals surface area contributed by atoms with E-state index in [9.17, 15) is 9.59 Å². The molecule has 0 spiro atoms. The summed E-state index contributed by atoms with van der Waals surface area (Å²) in [5.41, 5.74) is 0.745. The molecule has 0 fully saturated rings. The van der Waals surface area contributed by atoms with Crippen molar-refractivity contribution in [2.24, 2.45) is 0 Å². The van der Waals surface area contributed by atoms with Gasteiger partial charge in [-0.05, 0) is 23.8 Å². The minimum atomic E-state index is -0.937. The third kappa shape index (κ3) is 5.32. The second kappa shape index (κ2) is 7.16. The molecule has 0 heterocycles. The minimum absolute atomic E-state index is 0.0805. The summed E-state index contributed by atoms with van der Waals surface area (Å²) in [5, 5.41) is 9.39. The highest BCUT2D eigenvalue weighted by Gasteiger charge is 2.07. The largest absolute Gasteiger partial charge is 0.481 e. The predicted octanol–water partition coefficient (Wildman–Crippen LogP) is 2.94. The smallest absolute Gasteiger partial charge is 0.305 e. The molecule has 1 amide bonds. The van der Waals surface area contributed by atoms with E-state index in [0.717, 1.165) is 5.56 Å². The van der Waals surface area contributed by atoms with Gasteiger partial charge >= 0.3 is 5.97 Å². The SMILES string of the molecule is CN(CCC(=O)O)C(=O)C=Cc1ccc(Cl)c(Cl)c1. The maximum atomic E-state index is 11.7. The lowest BCUT2D eigenvalue weighted by Crippen LogP contribution is -2.27. The van der Waals surface area contributed by atoms with Crippen molar-refractivity contribution in [2.75, 3.05) is 13.6 Å². The zero-order chi connectivity index (χ0) is 14.4. The van der Waals surface area contributed by atoms with Gasteiger partial charge in [-0.15, -0.1) is 0 Å². The molecule has 1 rings (SSSR count). The standard InChI is InChI=1S/C13H13Cl2NO3/c1-16(7-6-13(18)19)12(17)5-3-9-2-4-10(14)11(15)8-9/h2-5,8H,6-7H2,1H3,(H,18,19). The zero-order valence-corrected chi connectivity index (χ0v) is 11.8. The highest BCUT2D eigenvalue weighted by Crippen LogP contribution is 2.23. The van der Waals surface area contributed by atoms with Crippen molar-refractivity contribution >= 4 is 41.2 Å². The Kier molecular flexibility index (Phi) is 5.86. The van der Waals surface area contributed by atoms with Gasteiger partial charge in [0.1, 0.15) is 0 Å². The number of hydrogen-bond donors (Lipinski definition) is 1. The predicted molar refractivity (Wildman–Crippen MR) is 75.4 cm³/mol. The van der Waals surface area contributed by atoms with Gasteiger partial charge < -0.3 is 10.0 Å². The van der Waals surface area contributed by atoms with Gasteiger partial charge in [0, 0.05) is 19.7 Å². The van der Waals surface area contributed by atoms with E-state index in [1.807, 2.05) is 0 Å². The van der Waals surface area contributed by atoms with E-state index in [1.165, 1.54) is 11.0 Å². The number of likely N-dealkylation sites (N-methyl/N-ethyl adjacent to an activating group) is 1. The van der Waals surface area contributed by atoms with E-state index < -0.39 is 5.97 Å². The first-order chi connectivity index (χ1) is 8.90. The number of carbonyl (C=O) groups excluding carboxylic acids is 1. The summed E-state index contributed by atoms with van der Waals surface area (Å²) >= 11 is 11.6. The van der Waals surface area contributed by atoms with E-state index in [-0.39, 0.29) is 18.9 Å². The summed E-state index contributed by atoms with van der Waals surface area (Å²) < 4.78 is 0. The van der Waals surface area contributed by atoms with Crippen LogP contribution in [0.2, 0.25) is 10.0 Å². The van der Waals surface area contributed by atoms with Crippen LogP contribution in [0.3, 0.4) is 0 Å². The summed E-state index contributed by atoms with van der Waals surface area (Å²) in [6, 6.07) is 5.02. The maximum absolute atomic E-state index is 11.7. The van der Waals surface area contributed by atoms with Crippen LogP contribution in [0.25, 0.3) is 6.08 Å². The van der Waals surface area contributed by atoms with E-state index in [1.54, 1.807) is 31.3 Å². The van der Waals surface area contributed by atoms with Crippen LogP contribution in [-0.4, -0.2) is 35.5 Å². The molecule has 0 saturated carbocycles. The van der Waals surface area contributed by atoms with Gasteiger partial charge in [0.2, 0.25) is 5.91 Å². The molecular formula is C13H13Cl2NO3. The Morgan fingerprint density at radius 1 is 1.32 bits per heavy atom. The number of aliphatic carboxylic acids is 1. The van der Waals surface area contributed by atoms with Crippen molar-refractivity contribution in [3.63, 3.8) is 0 Å². The van der Waals surface area contributed by atoms with Crippen LogP contribution >= 0.6 is 23.2 Å². The molecule has 0 saturated heterocycles. The van der Waals surface area contributed by atoms with Crippen molar-refractivity contribution in [3.05, 3.63) is 39.9 Å². The fraction of sp³-hybridized carbons (Fsp3) is 0.231. The molecule has 0 aromatic heterocycles. The fourth-order valence-corrected chi connectivity index (χ4v) is 1.59. The number of hydrogen-bond acceptors (Lipinski definition) is 2. The topological polar surface area (TPSA) is 57.6 Å². The lowest BCUT2D eigenvalue weighted by atomic mass is 10.2. The monoisotopic (exact) mass is 301 g/mol. The molecule has 1 N–H and O–H groups in total. The molecule has 4 nitrogen and oxygen atoms in total. The highest BCUT2D eigenvalue weighted by molar-refractivity contribution is 6.42. The van der Waals surface area contributed by atoms with Gasteiger partial charge in [0.25, 0.3) is 0 Å². The molecule has 0 atom stereocenters. The molecule has 0 unspecified atom stereocenters. The van der Waals surface area contributed by atoms with Crippen LogP contribution in [0, 0.1) is 0 Å². The highest BCUT2D eigenvalue weighted by atomic mass is 35.5. The van der Waals surface area contributed by atoms with Crippen LogP contribution in [0.1, 0.15) is 12.0 Å². The molecule has 6 heteroatoms. The molecular weight excluding hydrogens is 289 g/mol. The minimum Gasteiger partial charge on any atom is -0.481 e. The molecule has 1 aromatic carbocycles. The number of benzene rings is 1. The normalized spacial score (nSPS) is 10.7. The number of nitrogens with zero attached hydrogens (tertiary/aromatic N) is 1. The van der Waals surface area contributed by atoms with Crippen LogP contribution < -0.4 is 0 Å². The van der Waals surface area contributed by atoms with Gasteiger partial charge in [-0.2, -0.15) is 0 Å². The Labute approximate surface area is 121 Å². The molecule has 1 aromatic rings. The van der Waals surface area contributed by atoms with Crippen LogP contribution in [0.15, 0.2) is 24.3 Å². The number of halogens is 2. The summed E-state index contributed by atoms with van der Waals surface area (Å²) in [6.07, 6.45) is 2.88. The van der Waals surface area contributed by atoms with Crippen molar-refractivity contribution in [3.8, 4) is 0 Å². The second-order valence-electron chi connectivity index (χ2n) is 3.91. The van der Waals surface area contributed by atoms with Crippen molar-refractivity contribution in [1.29, 1.82) is 0 Å². The first kappa shape index (κ1) is 15.5.